The molecule has 0 rings (SSSR count). The molecule has 0 heterocycles. The molecular formula is C10H22O2Ti. The summed E-state index contributed by atoms with van der Waals surface area (Å²) in [7, 11) is 0. The van der Waals surface area contributed by atoms with E-state index in [-0.39, 0.29) is 32.7 Å². The van der Waals surface area contributed by atoms with Crippen LogP contribution < -0.4 is 0 Å². The number of unbranched alkanes of at least 4 members (excludes halogenated alkanes) is 7. The Labute approximate surface area is 98.0 Å². The van der Waals surface area contributed by atoms with E-state index in [1.54, 1.807) is 0 Å². The Kier molecular flexibility index (Phi) is 41.4. The van der Waals surface area contributed by atoms with Gasteiger partial charge in [-0.25, -0.2) is 0 Å². The molecule has 0 aromatic rings. The summed E-state index contributed by atoms with van der Waals surface area (Å²) in [6, 6.07) is 0. The largest absolute Gasteiger partial charge is 4.00 e. The van der Waals surface area contributed by atoms with Crippen molar-refractivity contribution in [3.05, 3.63) is 0 Å². The van der Waals surface area contributed by atoms with Crippen LogP contribution in [0.25, 0.3) is 0 Å². The Morgan fingerprint density at radius 1 is 0.538 bits per heavy atom. The van der Waals surface area contributed by atoms with Crippen LogP contribution in [-0.4, -0.2) is 0 Å². The third-order valence-corrected chi connectivity index (χ3v) is 1.96. The summed E-state index contributed by atoms with van der Waals surface area (Å²) in [6.45, 7) is 4.54. The minimum atomic E-state index is 0. The predicted octanol–water partition coefficient (Wildman–Crippen LogP) is 3.91. The molecule has 2 nitrogen and oxygen atoms in total. The fourth-order valence-corrected chi connectivity index (χ4v) is 1.21. The molecule has 0 aliphatic heterocycles. The minimum absolute atomic E-state index is 0. The van der Waals surface area contributed by atoms with Crippen LogP contribution in [0.1, 0.15) is 65.2 Å². The molecule has 0 aromatic heterocycles. The molecule has 0 aromatic carbocycles. The first-order chi connectivity index (χ1) is 4.91. The normalized spacial score (nSPS) is 7.85. The molecule has 3 heteroatoms. The molecule has 78 valence electrons. The molecule has 0 radical (unpaired) electrons. The fraction of sp³-hybridized carbons (Fsp3) is 1.00. The van der Waals surface area contributed by atoms with Crippen molar-refractivity contribution in [3.63, 3.8) is 0 Å². The van der Waals surface area contributed by atoms with Crippen LogP contribution in [0.15, 0.2) is 0 Å². The van der Waals surface area contributed by atoms with Crippen LogP contribution in [-0.2, 0) is 32.7 Å². The molecule has 0 fully saturated rings. The Balaban J connectivity index is -0.000000135. The topological polar surface area (TPSA) is 57.0 Å². The van der Waals surface area contributed by atoms with E-state index in [2.05, 4.69) is 13.8 Å². The monoisotopic (exact) mass is 222 g/mol. The Morgan fingerprint density at radius 3 is 1.00 bits per heavy atom. The first kappa shape index (κ1) is 23.4. The van der Waals surface area contributed by atoms with Crippen LogP contribution in [0.4, 0.5) is 0 Å². The molecule has 0 N–H and O–H groups in total. The van der Waals surface area contributed by atoms with Crippen LogP contribution >= 0.6 is 0 Å². The van der Waals surface area contributed by atoms with E-state index < -0.39 is 0 Å². The van der Waals surface area contributed by atoms with E-state index in [4.69, 9.17) is 0 Å². The summed E-state index contributed by atoms with van der Waals surface area (Å²) in [5.74, 6) is 0. The molecule has 0 amide bonds. The molecule has 0 spiro atoms. The molecule has 0 aliphatic carbocycles. The third-order valence-electron chi connectivity index (χ3n) is 1.96. The van der Waals surface area contributed by atoms with Crippen molar-refractivity contribution in [1.29, 1.82) is 0 Å². The predicted molar refractivity (Wildman–Crippen MR) is 49.7 cm³/mol. The standard InChI is InChI=1S/C10H22.2O.Ti/c1-3-5-7-9-10-8-6-4-2;;;/h3-10H2,1-2H3;;;/q;2*-2;+4. The number of hydrogen-bond donors (Lipinski definition) is 0. The number of rotatable bonds is 7. The maximum Gasteiger partial charge on any atom is 4.00 e. The quantitative estimate of drug-likeness (QED) is 0.463. The van der Waals surface area contributed by atoms with E-state index >= 15 is 0 Å². The van der Waals surface area contributed by atoms with Crippen molar-refractivity contribution in [2.45, 2.75) is 65.2 Å². The maximum absolute atomic E-state index is 2.27. The van der Waals surface area contributed by atoms with Gasteiger partial charge < -0.3 is 11.0 Å². The third kappa shape index (κ3) is 24.5. The van der Waals surface area contributed by atoms with Crippen molar-refractivity contribution in [2.24, 2.45) is 0 Å². The Bertz CT molecular complexity index is 52.9. The SMILES string of the molecule is CCCCCCCCCC.[O-2].[O-2].[Ti+4]. The summed E-state index contributed by atoms with van der Waals surface area (Å²) in [5, 5.41) is 0. The first-order valence-electron chi connectivity index (χ1n) is 4.91. The van der Waals surface area contributed by atoms with Gasteiger partial charge in [0.1, 0.15) is 0 Å². The van der Waals surface area contributed by atoms with Gasteiger partial charge in [0.25, 0.3) is 0 Å². The molecular weight excluding hydrogens is 200 g/mol. The molecule has 0 bridgehead atoms. The second kappa shape index (κ2) is 22.9. The molecule has 0 saturated heterocycles. The van der Waals surface area contributed by atoms with Crippen molar-refractivity contribution in [1.82, 2.24) is 0 Å². The van der Waals surface area contributed by atoms with E-state index in [1.807, 2.05) is 0 Å². The van der Waals surface area contributed by atoms with Crippen molar-refractivity contribution in [3.8, 4) is 0 Å². The zero-order chi connectivity index (χ0) is 7.66. The van der Waals surface area contributed by atoms with Gasteiger partial charge in [-0.2, -0.15) is 0 Å². The second-order valence-corrected chi connectivity index (χ2v) is 3.12. The molecule has 0 unspecified atom stereocenters. The van der Waals surface area contributed by atoms with Gasteiger partial charge in [0.05, 0.1) is 0 Å². The Hall–Kier alpha value is 0.634. The maximum atomic E-state index is 2.27. The summed E-state index contributed by atoms with van der Waals surface area (Å²) in [4.78, 5) is 0. The molecule has 0 atom stereocenters. The summed E-state index contributed by atoms with van der Waals surface area (Å²) in [5.41, 5.74) is 0. The second-order valence-electron chi connectivity index (χ2n) is 3.12. The van der Waals surface area contributed by atoms with E-state index in [0.717, 1.165) is 0 Å². The van der Waals surface area contributed by atoms with Crippen molar-refractivity contribution >= 4 is 0 Å². The first-order valence-corrected chi connectivity index (χ1v) is 4.91. The Morgan fingerprint density at radius 2 is 0.769 bits per heavy atom. The summed E-state index contributed by atoms with van der Waals surface area (Å²) < 4.78 is 0. The van der Waals surface area contributed by atoms with E-state index in [1.165, 1.54) is 51.4 Å². The zero-order valence-corrected chi connectivity index (χ0v) is 10.5. The smallest absolute Gasteiger partial charge is 2.00 e. The van der Waals surface area contributed by atoms with Gasteiger partial charge >= 0.3 is 21.7 Å². The molecule has 0 aliphatic rings. The summed E-state index contributed by atoms with van der Waals surface area (Å²) in [6.07, 6.45) is 11.5. The minimum Gasteiger partial charge on any atom is -2.00 e. The van der Waals surface area contributed by atoms with E-state index in [0.29, 0.717) is 0 Å². The average molecular weight is 222 g/mol. The molecule has 13 heavy (non-hydrogen) atoms. The van der Waals surface area contributed by atoms with Gasteiger partial charge in [-0.05, 0) is 0 Å². The zero-order valence-electron chi connectivity index (χ0n) is 8.97. The molecule has 0 saturated carbocycles. The van der Waals surface area contributed by atoms with Gasteiger partial charge in [-0.1, -0.05) is 65.2 Å². The van der Waals surface area contributed by atoms with Gasteiger partial charge in [-0.15, -0.1) is 0 Å². The van der Waals surface area contributed by atoms with Crippen LogP contribution in [0.3, 0.4) is 0 Å². The van der Waals surface area contributed by atoms with Crippen LogP contribution in [0, 0.1) is 0 Å². The average Bonchev–Trinajstić information content (AvgIpc) is 1.97. The van der Waals surface area contributed by atoms with Gasteiger partial charge in [-0.3, -0.25) is 0 Å². The van der Waals surface area contributed by atoms with Crippen LogP contribution in [0.5, 0.6) is 0 Å². The van der Waals surface area contributed by atoms with Crippen molar-refractivity contribution < 1.29 is 32.7 Å². The van der Waals surface area contributed by atoms with Gasteiger partial charge in [0, 0.05) is 0 Å². The van der Waals surface area contributed by atoms with E-state index in [9.17, 15) is 0 Å². The fourth-order valence-electron chi connectivity index (χ4n) is 1.21. The number of hydrogen-bond acceptors (Lipinski definition) is 0. The summed E-state index contributed by atoms with van der Waals surface area (Å²) >= 11 is 0. The van der Waals surface area contributed by atoms with Crippen LogP contribution in [0.2, 0.25) is 0 Å². The van der Waals surface area contributed by atoms with Gasteiger partial charge in [0.15, 0.2) is 0 Å². The van der Waals surface area contributed by atoms with Crippen molar-refractivity contribution in [2.75, 3.05) is 0 Å². The van der Waals surface area contributed by atoms with Gasteiger partial charge in [0.2, 0.25) is 0 Å².